The Balaban J connectivity index is 1.86. The largest absolute Gasteiger partial charge is 0.396 e. The van der Waals surface area contributed by atoms with Gasteiger partial charge in [0.05, 0.1) is 5.75 Å². The van der Waals surface area contributed by atoms with Gasteiger partial charge in [-0.25, -0.2) is 8.42 Å². The summed E-state index contributed by atoms with van der Waals surface area (Å²) in [5, 5.41) is 9.21. The molecule has 0 radical (unpaired) electrons. The molecule has 122 valence electrons. The summed E-state index contributed by atoms with van der Waals surface area (Å²) in [5.74, 6) is 0.617. The van der Waals surface area contributed by atoms with E-state index in [-0.39, 0.29) is 30.7 Å². The summed E-state index contributed by atoms with van der Waals surface area (Å²) >= 11 is 0. The highest BCUT2D eigenvalue weighted by Crippen LogP contribution is 2.31. The molecule has 2 fully saturated rings. The van der Waals surface area contributed by atoms with Crippen LogP contribution >= 0.6 is 0 Å². The van der Waals surface area contributed by atoms with Gasteiger partial charge in [-0.2, -0.15) is 0 Å². The molecule has 1 aliphatic heterocycles. The molecule has 1 saturated carbocycles. The van der Waals surface area contributed by atoms with Crippen LogP contribution < -0.4 is 0 Å². The van der Waals surface area contributed by atoms with E-state index in [1.807, 2.05) is 0 Å². The fourth-order valence-electron chi connectivity index (χ4n) is 2.85. The summed E-state index contributed by atoms with van der Waals surface area (Å²) in [6.07, 6.45) is 4.47. The zero-order valence-corrected chi connectivity index (χ0v) is 13.5. The van der Waals surface area contributed by atoms with E-state index >= 15 is 0 Å². The second kappa shape index (κ2) is 7.07. The summed E-state index contributed by atoms with van der Waals surface area (Å²) in [6, 6.07) is 0.200. The number of rotatable bonds is 7. The minimum absolute atomic E-state index is 0.0628. The molecular weight excluding hydrogens is 292 g/mol. The Kier molecular flexibility index (Phi) is 5.62. The Bertz CT molecular complexity index is 462. The zero-order valence-electron chi connectivity index (χ0n) is 12.7. The van der Waals surface area contributed by atoms with E-state index in [4.69, 9.17) is 0 Å². The van der Waals surface area contributed by atoms with Gasteiger partial charge < -0.3 is 10.0 Å². The maximum atomic E-state index is 12.1. The fraction of sp³-hybridized carbons (Fsp3) is 0.929. The standard InChI is InChI=1S/C14H26N2O4S/c1-21(19,20)9-5-14(18)16-7-6-15(10-12-2-3-12)13(11-16)4-8-17/h12-13,17H,2-11H2,1H3. The summed E-state index contributed by atoms with van der Waals surface area (Å²) in [4.78, 5) is 16.3. The quantitative estimate of drug-likeness (QED) is 0.699. The second-order valence-electron chi connectivity index (χ2n) is 6.32. The average molecular weight is 318 g/mol. The van der Waals surface area contributed by atoms with Crippen molar-refractivity contribution in [2.75, 3.05) is 44.8 Å². The first-order chi connectivity index (χ1) is 9.89. The highest BCUT2D eigenvalue weighted by molar-refractivity contribution is 7.90. The average Bonchev–Trinajstić information content (AvgIpc) is 3.21. The number of amides is 1. The van der Waals surface area contributed by atoms with Crippen molar-refractivity contribution in [3.8, 4) is 0 Å². The molecule has 0 aromatic carbocycles. The number of hydrogen-bond acceptors (Lipinski definition) is 5. The fourth-order valence-corrected chi connectivity index (χ4v) is 3.39. The third-order valence-electron chi connectivity index (χ3n) is 4.30. The topological polar surface area (TPSA) is 77.9 Å². The van der Waals surface area contributed by atoms with E-state index < -0.39 is 9.84 Å². The predicted octanol–water partition coefficient (Wildman–Crippen LogP) is -0.274. The maximum Gasteiger partial charge on any atom is 0.223 e. The van der Waals surface area contributed by atoms with Crippen molar-refractivity contribution in [2.45, 2.75) is 31.7 Å². The maximum absolute atomic E-state index is 12.1. The van der Waals surface area contributed by atoms with Crippen molar-refractivity contribution in [3.63, 3.8) is 0 Å². The molecule has 0 bridgehead atoms. The van der Waals surface area contributed by atoms with Crippen LogP contribution in [0.3, 0.4) is 0 Å². The number of carbonyl (C=O) groups excluding carboxylic acids is 1. The van der Waals surface area contributed by atoms with E-state index in [1.165, 1.54) is 12.8 Å². The third kappa shape index (κ3) is 5.56. The summed E-state index contributed by atoms with van der Waals surface area (Å²) in [7, 11) is -3.10. The second-order valence-corrected chi connectivity index (χ2v) is 8.58. The van der Waals surface area contributed by atoms with Crippen LogP contribution in [-0.4, -0.2) is 80.1 Å². The third-order valence-corrected chi connectivity index (χ3v) is 5.24. The molecule has 0 aromatic heterocycles. The molecule has 1 atom stereocenters. The van der Waals surface area contributed by atoms with Gasteiger partial charge in [-0.3, -0.25) is 9.69 Å². The normalized spacial score (nSPS) is 24.3. The van der Waals surface area contributed by atoms with Crippen molar-refractivity contribution < 1.29 is 18.3 Å². The Morgan fingerprint density at radius 2 is 2.00 bits per heavy atom. The molecule has 1 N–H and O–H groups in total. The lowest BCUT2D eigenvalue weighted by Crippen LogP contribution is -2.55. The minimum Gasteiger partial charge on any atom is -0.396 e. The number of aliphatic hydroxyl groups excluding tert-OH is 1. The van der Waals surface area contributed by atoms with Gasteiger partial charge in [0.25, 0.3) is 0 Å². The Morgan fingerprint density at radius 3 is 2.57 bits per heavy atom. The molecule has 2 rings (SSSR count). The van der Waals surface area contributed by atoms with Crippen LogP contribution in [0.15, 0.2) is 0 Å². The lowest BCUT2D eigenvalue weighted by molar-refractivity contribution is -0.134. The van der Waals surface area contributed by atoms with Gasteiger partial charge >= 0.3 is 0 Å². The van der Waals surface area contributed by atoms with Crippen molar-refractivity contribution in [1.29, 1.82) is 0 Å². The number of piperazine rings is 1. The molecule has 1 amide bonds. The van der Waals surface area contributed by atoms with Gasteiger partial charge in [-0.1, -0.05) is 0 Å². The van der Waals surface area contributed by atoms with Crippen molar-refractivity contribution in [1.82, 2.24) is 9.80 Å². The van der Waals surface area contributed by atoms with Gasteiger partial charge in [0, 0.05) is 51.5 Å². The van der Waals surface area contributed by atoms with E-state index in [2.05, 4.69) is 4.90 Å². The van der Waals surface area contributed by atoms with Gasteiger partial charge in [-0.05, 0) is 25.2 Å². The smallest absolute Gasteiger partial charge is 0.223 e. The van der Waals surface area contributed by atoms with Crippen LogP contribution in [0.2, 0.25) is 0 Å². The van der Waals surface area contributed by atoms with Crippen molar-refractivity contribution >= 4 is 15.7 Å². The number of aliphatic hydroxyl groups is 1. The number of sulfone groups is 1. The molecule has 0 aromatic rings. The SMILES string of the molecule is CS(=O)(=O)CCC(=O)N1CCN(CC2CC2)C(CCO)C1. The van der Waals surface area contributed by atoms with E-state index in [1.54, 1.807) is 4.90 Å². The molecule has 21 heavy (non-hydrogen) atoms. The summed E-state index contributed by atoms with van der Waals surface area (Å²) < 4.78 is 22.3. The van der Waals surface area contributed by atoms with Crippen molar-refractivity contribution in [3.05, 3.63) is 0 Å². The molecule has 1 heterocycles. The van der Waals surface area contributed by atoms with Crippen LogP contribution in [0.1, 0.15) is 25.7 Å². The van der Waals surface area contributed by atoms with Gasteiger partial charge in [0.2, 0.25) is 5.91 Å². The van der Waals surface area contributed by atoms with Crippen LogP contribution in [0.5, 0.6) is 0 Å². The van der Waals surface area contributed by atoms with Crippen LogP contribution in [0.4, 0.5) is 0 Å². The zero-order chi connectivity index (χ0) is 15.5. The van der Waals surface area contributed by atoms with Gasteiger partial charge in [-0.15, -0.1) is 0 Å². The summed E-state index contributed by atoms with van der Waals surface area (Å²) in [5.41, 5.74) is 0. The number of carbonyl (C=O) groups is 1. The highest BCUT2D eigenvalue weighted by atomic mass is 32.2. The first-order valence-electron chi connectivity index (χ1n) is 7.69. The molecule has 7 heteroatoms. The van der Waals surface area contributed by atoms with Gasteiger partial charge in [0.1, 0.15) is 9.84 Å². The molecule has 1 unspecified atom stereocenters. The van der Waals surface area contributed by atoms with E-state index in [0.717, 1.165) is 25.3 Å². The minimum atomic E-state index is -3.10. The van der Waals surface area contributed by atoms with Crippen molar-refractivity contribution in [2.24, 2.45) is 5.92 Å². The van der Waals surface area contributed by atoms with E-state index in [9.17, 15) is 18.3 Å². The molecule has 1 aliphatic carbocycles. The molecular formula is C14H26N2O4S. The van der Waals surface area contributed by atoms with Gasteiger partial charge in [0.15, 0.2) is 0 Å². The molecule has 2 aliphatic rings. The Hall–Kier alpha value is -0.660. The molecule has 6 nitrogen and oxygen atoms in total. The summed E-state index contributed by atoms with van der Waals surface area (Å²) in [6.45, 7) is 3.28. The molecule has 0 spiro atoms. The predicted molar refractivity (Wildman–Crippen MR) is 80.7 cm³/mol. The van der Waals surface area contributed by atoms with Crippen LogP contribution in [0, 0.1) is 5.92 Å². The number of hydrogen-bond donors (Lipinski definition) is 1. The van der Waals surface area contributed by atoms with E-state index in [0.29, 0.717) is 19.5 Å². The monoisotopic (exact) mass is 318 g/mol. The lowest BCUT2D eigenvalue weighted by atomic mass is 10.1. The Morgan fingerprint density at radius 1 is 1.29 bits per heavy atom. The molecule has 1 saturated heterocycles. The van der Waals surface area contributed by atoms with Crippen LogP contribution in [0.25, 0.3) is 0 Å². The first-order valence-corrected chi connectivity index (χ1v) is 9.75. The highest BCUT2D eigenvalue weighted by Gasteiger charge is 2.33. The number of nitrogens with zero attached hydrogens (tertiary/aromatic N) is 2. The van der Waals surface area contributed by atoms with Crippen LogP contribution in [-0.2, 0) is 14.6 Å². The first kappa shape index (κ1) is 16.7. The Labute approximate surface area is 127 Å². The lowest BCUT2D eigenvalue weighted by Gasteiger charge is -2.41.